The number of imidazole rings is 1. The fraction of sp³-hybridized carbons (Fsp3) is 0.304. The van der Waals surface area contributed by atoms with Crippen LogP contribution >= 0.6 is 0 Å². The molecule has 3 aromatic heterocycles. The number of rotatable bonds is 3. The largest absolute Gasteiger partial charge is 0.443 e. The van der Waals surface area contributed by atoms with E-state index in [2.05, 4.69) is 26.7 Å². The Hall–Kier alpha value is -3.48. The van der Waals surface area contributed by atoms with Crippen molar-refractivity contribution in [3.8, 4) is 22.8 Å². The highest BCUT2D eigenvalue weighted by Crippen LogP contribution is 2.45. The number of hydrogen-bond acceptors (Lipinski definition) is 5. The van der Waals surface area contributed by atoms with Crippen molar-refractivity contribution in [3.63, 3.8) is 0 Å². The number of fused-ring (bicyclic) bond motifs is 2. The zero-order valence-electron chi connectivity index (χ0n) is 16.9. The van der Waals surface area contributed by atoms with Gasteiger partial charge in [-0.3, -0.25) is 9.78 Å². The highest BCUT2D eigenvalue weighted by molar-refractivity contribution is 5.97. The van der Waals surface area contributed by atoms with E-state index in [0.29, 0.717) is 24.0 Å². The molecule has 0 spiro atoms. The molecule has 1 aliphatic heterocycles. The van der Waals surface area contributed by atoms with Crippen LogP contribution in [-0.2, 0) is 11.3 Å². The lowest BCUT2D eigenvalue weighted by atomic mass is 10.0. The lowest BCUT2D eigenvalue weighted by Gasteiger charge is -2.31. The van der Waals surface area contributed by atoms with E-state index in [4.69, 9.17) is 9.40 Å². The van der Waals surface area contributed by atoms with E-state index < -0.39 is 0 Å². The molecule has 1 amide bonds. The lowest BCUT2D eigenvalue weighted by molar-refractivity contribution is -0.135. The number of benzene rings is 1. The summed E-state index contributed by atoms with van der Waals surface area (Å²) >= 11 is 0. The third-order valence-corrected chi connectivity index (χ3v) is 6.16. The van der Waals surface area contributed by atoms with Crippen molar-refractivity contribution in [1.29, 1.82) is 0 Å². The number of carbonyl (C=O) groups excluding carboxylic acids is 1. The Labute approximate surface area is 173 Å². The van der Waals surface area contributed by atoms with Gasteiger partial charge in [-0.25, -0.2) is 9.97 Å². The molecular weight excluding hydrogens is 378 g/mol. The first-order valence-corrected chi connectivity index (χ1v) is 10.3. The zero-order chi connectivity index (χ0) is 20.4. The van der Waals surface area contributed by atoms with Crippen molar-refractivity contribution in [2.45, 2.75) is 38.3 Å². The van der Waals surface area contributed by atoms with Crippen LogP contribution in [0.1, 0.15) is 43.2 Å². The molecule has 7 heteroatoms. The molecule has 1 aromatic carbocycles. The van der Waals surface area contributed by atoms with Gasteiger partial charge in [0.1, 0.15) is 23.8 Å². The van der Waals surface area contributed by atoms with Crippen LogP contribution in [-0.4, -0.2) is 37.4 Å². The van der Waals surface area contributed by atoms with Gasteiger partial charge >= 0.3 is 0 Å². The molecule has 7 nitrogen and oxygen atoms in total. The molecule has 4 aromatic rings. The summed E-state index contributed by atoms with van der Waals surface area (Å²) in [5.74, 6) is 2.16. The maximum atomic E-state index is 12.6. The van der Waals surface area contributed by atoms with Gasteiger partial charge in [-0.05, 0) is 31.2 Å². The molecule has 0 N–H and O–H groups in total. The minimum Gasteiger partial charge on any atom is -0.443 e. The highest BCUT2D eigenvalue weighted by atomic mass is 16.3. The molecule has 0 radical (unpaired) electrons. The number of likely N-dealkylation sites (N-methyl/N-ethyl adjacent to an activating group) is 1. The molecule has 0 unspecified atom stereocenters. The van der Waals surface area contributed by atoms with Crippen molar-refractivity contribution in [2.24, 2.45) is 0 Å². The van der Waals surface area contributed by atoms with Gasteiger partial charge in [-0.15, -0.1) is 0 Å². The predicted molar refractivity (Wildman–Crippen MR) is 112 cm³/mol. The Kier molecular flexibility index (Phi) is 3.63. The molecule has 1 atom stereocenters. The van der Waals surface area contributed by atoms with Crippen molar-refractivity contribution in [2.75, 3.05) is 7.05 Å². The number of oxazole rings is 1. The second-order valence-electron chi connectivity index (χ2n) is 8.21. The zero-order valence-corrected chi connectivity index (χ0v) is 16.9. The second-order valence-corrected chi connectivity index (χ2v) is 8.21. The molecule has 150 valence electrons. The molecule has 2 aliphatic rings. The van der Waals surface area contributed by atoms with Crippen LogP contribution in [0.5, 0.6) is 0 Å². The van der Waals surface area contributed by atoms with E-state index in [9.17, 15) is 4.79 Å². The summed E-state index contributed by atoms with van der Waals surface area (Å²) in [7, 11) is 1.86. The maximum Gasteiger partial charge on any atom is 0.245 e. The van der Waals surface area contributed by atoms with Crippen LogP contribution in [0.2, 0.25) is 0 Å². The van der Waals surface area contributed by atoms with Gasteiger partial charge in [0.15, 0.2) is 0 Å². The quantitative estimate of drug-likeness (QED) is 0.517. The van der Waals surface area contributed by atoms with Gasteiger partial charge in [0.05, 0.1) is 24.1 Å². The molecule has 1 saturated carbocycles. The Morgan fingerprint density at radius 1 is 1.20 bits per heavy atom. The predicted octanol–water partition coefficient (Wildman–Crippen LogP) is 4.16. The van der Waals surface area contributed by atoms with Crippen LogP contribution in [0.3, 0.4) is 0 Å². The summed E-state index contributed by atoms with van der Waals surface area (Å²) in [5.41, 5.74) is 3.81. The van der Waals surface area contributed by atoms with Gasteiger partial charge in [0.2, 0.25) is 11.8 Å². The summed E-state index contributed by atoms with van der Waals surface area (Å²) in [6.45, 7) is 2.54. The third kappa shape index (κ3) is 2.51. The second kappa shape index (κ2) is 6.26. The van der Waals surface area contributed by atoms with E-state index in [0.717, 1.165) is 46.4 Å². The Balaban J connectivity index is 1.55. The van der Waals surface area contributed by atoms with Crippen LogP contribution in [0.25, 0.3) is 33.6 Å². The molecule has 30 heavy (non-hydrogen) atoms. The van der Waals surface area contributed by atoms with E-state index in [1.165, 1.54) is 0 Å². The van der Waals surface area contributed by atoms with Gasteiger partial charge in [-0.1, -0.05) is 18.2 Å². The van der Waals surface area contributed by atoms with Gasteiger partial charge < -0.3 is 13.9 Å². The Morgan fingerprint density at radius 3 is 2.83 bits per heavy atom. The molecule has 0 bridgehead atoms. The first kappa shape index (κ1) is 17.4. The van der Waals surface area contributed by atoms with Crippen molar-refractivity contribution in [1.82, 2.24) is 24.4 Å². The van der Waals surface area contributed by atoms with E-state index in [1.807, 2.05) is 32.3 Å². The van der Waals surface area contributed by atoms with E-state index >= 15 is 0 Å². The SMILES string of the molecule is C[C@H]1C(=O)N(C)Cc2c(-c3cccc4cc(-c5ncco5)ncc34)nc(C3CC3)n21. The first-order chi connectivity index (χ1) is 14.6. The van der Waals surface area contributed by atoms with Gasteiger partial charge in [0.25, 0.3) is 0 Å². The fourth-order valence-corrected chi connectivity index (χ4v) is 4.49. The van der Waals surface area contributed by atoms with Gasteiger partial charge in [0, 0.05) is 30.1 Å². The Morgan fingerprint density at radius 2 is 2.07 bits per heavy atom. The lowest BCUT2D eigenvalue weighted by Crippen LogP contribution is -2.39. The van der Waals surface area contributed by atoms with E-state index in [-0.39, 0.29) is 11.9 Å². The number of amides is 1. The van der Waals surface area contributed by atoms with Crippen molar-refractivity contribution in [3.05, 3.63) is 54.4 Å². The molecule has 1 aliphatic carbocycles. The minimum absolute atomic E-state index is 0.142. The van der Waals surface area contributed by atoms with Crippen molar-refractivity contribution < 1.29 is 9.21 Å². The Bertz CT molecular complexity index is 1290. The maximum absolute atomic E-state index is 12.6. The molecule has 4 heterocycles. The highest BCUT2D eigenvalue weighted by Gasteiger charge is 2.38. The molecule has 0 saturated heterocycles. The summed E-state index contributed by atoms with van der Waals surface area (Å²) in [6.07, 6.45) is 7.32. The number of nitrogens with zero attached hydrogens (tertiary/aromatic N) is 5. The number of hydrogen-bond donors (Lipinski definition) is 0. The van der Waals surface area contributed by atoms with Gasteiger partial charge in [-0.2, -0.15) is 0 Å². The monoisotopic (exact) mass is 399 g/mol. The number of pyridine rings is 1. The molecular formula is C23H21N5O2. The average molecular weight is 399 g/mol. The van der Waals surface area contributed by atoms with E-state index in [1.54, 1.807) is 17.4 Å². The topological polar surface area (TPSA) is 77.1 Å². The molecule has 1 fully saturated rings. The third-order valence-electron chi connectivity index (χ3n) is 6.16. The average Bonchev–Trinajstić information content (AvgIpc) is 3.31. The minimum atomic E-state index is -0.222. The number of aromatic nitrogens is 4. The number of carbonyl (C=O) groups is 1. The summed E-state index contributed by atoms with van der Waals surface area (Å²) in [4.78, 5) is 28.3. The van der Waals surface area contributed by atoms with Crippen LogP contribution in [0, 0.1) is 0 Å². The standard InChI is InChI=1S/C23H21N5O2/c1-13-23(29)27(2)12-19-20(26-21(28(13)19)14-6-7-14)16-5-3-4-15-10-18(25-11-17(15)16)22-24-8-9-30-22/h3-5,8-11,13-14H,6-7,12H2,1-2H3/t13-/m0/s1. The first-order valence-electron chi connectivity index (χ1n) is 10.3. The van der Waals surface area contributed by atoms with Crippen molar-refractivity contribution >= 4 is 16.7 Å². The van der Waals surface area contributed by atoms with Crippen LogP contribution in [0.4, 0.5) is 0 Å². The normalized spacial score (nSPS) is 18.8. The summed E-state index contributed by atoms with van der Waals surface area (Å²) in [5, 5.41) is 2.09. The van der Waals surface area contributed by atoms with Crippen LogP contribution in [0.15, 0.2) is 47.3 Å². The summed E-state index contributed by atoms with van der Waals surface area (Å²) in [6, 6.07) is 7.97. The summed E-state index contributed by atoms with van der Waals surface area (Å²) < 4.78 is 7.58. The van der Waals surface area contributed by atoms with Crippen LogP contribution < -0.4 is 0 Å². The fourth-order valence-electron chi connectivity index (χ4n) is 4.49. The smallest absolute Gasteiger partial charge is 0.245 e. The molecule has 6 rings (SSSR count).